The topological polar surface area (TPSA) is 79.3 Å². The zero-order chi connectivity index (χ0) is 27.8. The van der Waals surface area contributed by atoms with E-state index in [1.165, 1.54) is 6.07 Å². The number of halogens is 3. The number of piperidine rings is 1. The van der Waals surface area contributed by atoms with E-state index < -0.39 is 29.8 Å². The molecule has 2 saturated heterocycles. The zero-order valence-electron chi connectivity index (χ0n) is 22.0. The van der Waals surface area contributed by atoms with Crippen molar-refractivity contribution in [2.45, 2.75) is 63.6 Å². The van der Waals surface area contributed by atoms with Gasteiger partial charge in [-0.1, -0.05) is 23.2 Å². The number of carbonyl (C=O) groups excluding carboxylic acids is 1. The third kappa shape index (κ3) is 6.19. The summed E-state index contributed by atoms with van der Waals surface area (Å²) in [7, 11) is 0. The Labute approximate surface area is 237 Å². The molecule has 7 nitrogen and oxygen atoms in total. The smallest absolute Gasteiger partial charge is 0.329 e. The Kier molecular flexibility index (Phi) is 8.38. The summed E-state index contributed by atoms with van der Waals surface area (Å²) in [5.74, 6) is -1.56. The van der Waals surface area contributed by atoms with E-state index in [9.17, 15) is 14.7 Å². The van der Waals surface area contributed by atoms with Crippen molar-refractivity contribution in [2.75, 3.05) is 26.4 Å². The molecule has 0 radical (unpaired) electrons. The standard InChI is InChI=1S/C29H33Cl2FN2O5/c1-16(20-9-21(30)11-22(31)10-20)33-7-5-18(6-8-33)14-38-26-13-25(32)24(12-23(26)19-3-4-19)28(35)34-15-39-17(2)27(34)29(36)37/h9-13,16-19,27H,3-8,14-15H2,1-2H3,(H,36,37)/t16-,17+,27-/m0/s1. The van der Waals surface area contributed by atoms with Gasteiger partial charge in [0.05, 0.1) is 18.3 Å². The van der Waals surface area contributed by atoms with Crippen LogP contribution in [0.3, 0.4) is 0 Å². The van der Waals surface area contributed by atoms with E-state index in [4.69, 9.17) is 32.7 Å². The molecule has 0 spiro atoms. The molecule has 5 rings (SSSR count). The molecule has 39 heavy (non-hydrogen) atoms. The summed E-state index contributed by atoms with van der Waals surface area (Å²) >= 11 is 12.4. The summed E-state index contributed by atoms with van der Waals surface area (Å²) in [6.45, 7) is 5.83. The number of carbonyl (C=O) groups is 2. The lowest BCUT2D eigenvalue weighted by Crippen LogP contribution is -2.44. The monoisotopic (exact) mass is 578 g/mol. The fourth-order valence-corrected chi connectivity index (χ4v) is 6.16. The Morgan fingerprint density at radius 3 is 2.38 bits per heavy atom. The van der Waals surface area contributed by atoms with Crippen LogP contribution in [-0.2, 0) is 9.53 Å². The molecule has 1 saturated carbocycles. The number of ether oxygens (including phenoxy) is 2. The second-order valence-electron chi connectivity index (χ2n) is 10.9. The van der Waals surface area contributed by atoms with Crippen molar-refractivity contribution in [2.24, 2.45) is 5.92 Å². The van der Waals surface area contributed by atoms with Gasteiger partial charge in [0.25, 0.3) is 5.91 Å². The minimum absolute atomic E-state index is 0.142. The number of hydrogen-bond acceptors (Lipinski definition) is 5. The third-order valence-corrected chi connectivity index (χ3v) is 8.59. The van der Waals surface area contributed by atoms with Crippen LogP contribution in [0.5, 0.6) is 5.75 Å². The van der Waals surface area contributed by atoms with Crippen LogP contribution in [0.4, 0.5) is 4.39 Å². The first-order valence-electron chi connectivity index (χ1n) is 13.4. The van der Waals surface area contributed by atoms with Crippen LogP contribution >= 0.6 is 23.2 Å². The van der Waals surface area contributed by atoms with E-state index in [-0.39, 0.29) is 24.3 Å². The van der Waals surface area contributed by atoms with Crippen LogP contribution in [0, 0.1) is 11.7 Å². The first-order chi connectivity index (χ1) is 18.6. The van der Waals surface area contributed by atoms with Gasteiger partial charge >= 0.3 is 5.97 Å². The highest BCUT2D eigenvalue weighted by Crippen LogP contribution is 2.45. The second-order valence-corrected chi connectivity index (χ2v) is 11.7. The van der Waals surface area contributed by atoms with Crippen molar-refractivity contribution in [1.82, 2.24) is 9.80 Å². The van der Waals surface area contributed by atoms with E-state index in [0.717, 1.165) is 54.8 Å². The van der Waals surface area contributed by atoms with Crippen LogP contribution in [-0.4, -0.2) is 65.4 Å². The number of carboxylic acids is 1. The van der Waals surface area contributed by atoms with Crippen molar-refractivity contribution in [3.63, 3.8) is 0 Å². The number of amides is 1. The van der Waals surface area contributed by atoms with E-state index in [1.807, 2.05) is 12.1 Å². The molecule has 1 aliphatic carbocycles. The Hall–Kier alpha value is -2.39. The summed E-state index contributed by atoms with van der Waals surface area (Å²) in [6, 6.07) is 7.52. The van der Waals surface area contributed by atoms with Crippen molar-refractivity contribution in [3.8, 4) is 5.75 Å². The molecule has 3 atom stereocenters. The van der Waals surface area contributed by atoms with Crippen LogP contribution in [0.2, 0.25) is 10.0 Å². The molecule has 2 aromatic carbocycles. The predicted molar refractivity (Wildman–Crippen MR) is 146 cm³/mol. The average molecular weight is 579 g/mol. The Balaban J connectivity index is 1.23. The van der Waals surface area contributed by atoms with Crippen LogP contribution in [0.15, 0.2) is 30.3 Å². The quantitative estimate of drug-likeness (QED) is 0.405. The fraction of sp³-hybridized carbons (Fsp3) is 0.517. The van der Waals surface area contributed by atoms with Crippen LogP contribution < -0.4 is 4.74 Å². The largest absolute Gasteiger partial charge is 0.493 e. The number of rotatable bonds is 8. The van der Waals surface area contributed by atoms with Gasteiger partial charge in [0, 0.05) is 22.2 Å². The number of benzene rings is 2. The maximum absolute atomic E-state index is 15.2. The van der Waals surface area contributed by atoms with E-state index >= 15 is 4.39 Å². The molecular weight excluding hydrogens is 546 g/mol. The minimum Gasteiger partial charge on any atom is -0.493 e. The summed E-state index contributed by atoms with van der Waals surface area (Å²) in [6.07, 6.45) is 3.11. The molecule has 10 heteroatoms. The van der Waals surface area contributed by atoms with Gasteiger partial charge in [-0.15, -0.1) is 0 Å². The molecule has 0 bridgehead atoms. The van der Waals surface area contributed by atoms with Crippen LogP contribution in [0.1, 0.15) is 73.0 Å². The molecule has 2 aromatic rings. The van der Waals surface area contributed by atoms with Crippen LogP contribution in [0.25, 0.3) is 0 Å². The molecule has 1 N–H and O–H groups in total. The first kappa shape index (κ1) is 28.1. The predicted octanol–water partition coefficient (Wildman–Crippen LogP) is 6.13. The second kappa shape index (κ2) is 11.6. The first-order valence-corrected chi connectivity index (χ1v) is 14.2. The van der Waals surface area contributed by atoms with Gasteiger partial charge < -0.3 is 14.6 Å². The zero-order valence-corrected chi connectivity index (χ0v) is 23.6. The molecule has 210 valence electrons. The number of nitrogens with zero attached hydrogens (tertiary/aromatic N) is 2. The normalized spacial score (nSPS) is 23.2. The highest BCUT2D eigenvalue weighted by molar-refractivity contribution is 6.34. The lowest BCUT2D eigenvalue weighted by Gasteiger charge is -2.36. The number of hydrogen-bond donors (Lipinski definition) is 1. The average Bonchev–Trinajstić information content (AvgIpc) is 3.66. The highest BCUT2D eigenvalue weighted by atomic mass is 35.5. The van der Waals surface area contributed by atoms with Gasteiger partial charge in [-0.05, 0) is 99.8 Å². The van der Waals surface area contributed by atoms with Gasteiger partial charge in [-0.2, -0.15) is 0 Å². The molecular formula is C29H33Cl2FN2O5. The minimum atomic E-state index is -1.17. The molecule has 3 fully saturated rings. The summed E-state index contributed by atoms with van der Waals surface area (Å²) in [5, 5.41) is 10.8. The maximum Gasteiger partial charge on any atom is 0.329 e. The lowest BCUT2D eigenvalue weighted by molar-refractivity contribution is -0.142. The molecule has 2 heterocycles. The van der Waals surface area contributed by atoms with Crippen molar-refractivity contribution in [1.29, 1.82) is 0 Å². The van der Waals surface area contributed by atoms with E-state index in [2.05, 4.69) is 11.8 Å². The number of carboxylic acid groups (broad SMARTS) is 1. The van der Waals surface area contributed by atoms with Crippen molar-refractivity contribution in [3.05, 3.63) is 62.9 Å². The third-order valence-electron chi connectivity index (χ3n) is 8.16. The van der Waals surface area contributed by atoms with Crippen molar-refractivity contribution >= 4 is 35.1 Å². The SMILES string of the molecule is C[C@H]1OCN(C(=O)c2cc(C3CC3)c(OCC3CCN([C@@H](C)c4cc(Cl)cc(Cl)c4)CC3)cc2F)[C@@H]1C(=O)O. The summed E-state index contributed by atoms with van der Waals surface area (Å²) in [5.41, 5.74) is 1.76. The van der Waals surface area contributed by atoms with Crippen molar-refractivity contribution < 1.29 is 28.6 Å². The Bertz CT molecular complexity index is 1230. The number of likely N-dealkylation sites (tertiary alicyclic amines) is 1. The molecule has 3 aliphatic rings. The molecule has 2 aliphatic heterocycles. The van der Waals surface area contributed by atoms with E-state index in [1.54, 1.807) is 19.1 Å². The van der Waals surface area contributed by atoms with Gasteiger partial charge in [0.1, 0.15) is 18.3 Å². The highest BCUT2D eigenvalue weighted by Gasteiger charge is 2.42. The summed E-state index contributed by atoms with van der Waals surface area (Å²) in [4.78, 5) is 28.3. The Morgan fingerprint density at radius 2 is 1.77 bits per heavy atom. The summed E-state index contributed by atoms with van der Waals surface area (Å²) < 4.78 is 26.8. The van der Waals surface area contributed by atoms with Gasteiger partial charge in [-0.25, -0.2) is 9.18 Å². The van der Waals surface area contributed by atoms with Gasteiger partial charge in [0.15, 0.2) is 6.04 Å². The lowest BCUT2D eigenvalue weighted by atomic mass is 9.95. The fourth-order valence-electron chi connectivity index (χ4n) is 5.61. The van der Waals surface area contributed by atoms with Gasteiger partial charge in [0.2, 0.25) is 0 Å². The molecule has 0 unspecified atom stereocenters. The maximum atomic E-state index is 15.2. The number of aliphatic carboxylic acids is 1. The molecule has 1 amide bonds. The van der Waals surface area contributed by atoms with Gasteiger partial charge in [-0.3, -0.25) is 14.6 Å². The van der Waals surface area contributed by atoms with E-state index in [0.29, 0.717) is 28.3 Å². The Morgan fingerprint density at radius 1 is 1.10 bits per heavy atom. The molecule has 0 aromatic heterocycles.